The van der Waals surface area contributed by atoms with Crippen LogP contribution in [0.3, 0.4) is 0 Å². The summed E-state index contributed by atoms with van der Waals surface area (Å²) in [4.78, 5) is 114. The van der Waals surface area contributed by atoms with Crippen molar-refractivity contribution in [2.45, 2.75) is 185 Å². The molecule has 13 aliphatic heterocycles. The van der Waals surface area contributed by atoms with Gasteiger partial charge in [0.05, 0.1) is 96.5 Å². The maximum Gasteiger partial charge on any atom is 0.255 e. The van der Waals surface area contributed by atoms with Gasteiger partial charge in [0.15, 0.2) is 23.3 Å². The third-order valence-electron chi connectivity index (χ3n) is 36.0. The minimum absolute atomic E-state index is 0.0220. The molecule has 0 radical (unpaired) electrons. The van der Waals surface area contributed by atoms with Gasteiger partial charge >= 0.3 is 0 Å². The van der Waals surface area contributed by atoms with Crippen LogP contribution in [0, 0.1) is 33.3 Å². The number of aryl methyl sites for hydroxylation is 3. The van der Waals surface area contributed by atoms with Crippen molar-refractivity contribution >= 4 is 75.1 Å². The predicted octanol–water partition coefficient (Wildman–Crippen LogP) is 13.0. The van der Waals surface area contributed by atoms with E-state index in [0.29, 0.717) is 32.6 Å². The molecule has 0 unspecified atom stereocenters. The Kier molecular flexibility index (Phi) is 22.9. The Morgan fingerprint density at radius 2 is 0.776 bits per heavy atom. The van der Waals surface area contributed by atoms with Crippen LogP contribution in [0.15, 0.2) is 195 Å². The smallest absolute Gasteiger partial charge is 0.255 e. The minimum Gasteiger partial charge on any atom is -0.370 e. The quantitative estimate of drug-likeness (QED) is 0.127. The van der Waals surface area contributed by atoms with Crippen LogP contribution in [0.25, 0.3) is 5.70 Å². The van der Waals surface area contributed by atoms with Gasteiger partial charge in [0.25, 0.3) is 11.1 Å². The molecule has 31 nitrogen and oxygen atoms in total. The number of piperidine rings is 4. The number of pyridine rings is 4. The fourth-order valence-electron chi connectivity index (χ4n) is 27.5. The lowest BCUT2D eigenvalue weighted by Crippen LogP contribution is -2.44. The lowest BCUT2D eigenvalue weighted by molar-refractivity contribution is 0.186. The molecule has 0 bridgehead atoms. The highest BCUT2D eigenvalue weighted by atomic mass is 19.1. The van der Waals surface area contributed by atoms with Crippen molar-refractivity contribution < 1.29 is 8.78 Å². The molecule has 21 heterocycles. The molecule has 29 rings (SSSR count). The maximum atomic E-state index is 14.4. The molecule has 4 aliphatic carbocycles. The molecule has 33 heteroatoms. The largest absolute Gasteiger partial charge is 0.370 e. The number of nitrogens with zero attached hydrogens (tertiary/aromatic N) is 25. The molecular formula is C114H123F2N29O2. The van der Waals surface area contributed by atoms with Crippen molar-refractivity contribution in [3.63, 3.8) is 0 Å². The van der Waals surface area contributed by atoms with Crippen LogP contribution in [0.4, 0.5) is 54.8 Å². The van der Waals surface area contributed by atoms with Crippen molar-refractivity contribution in [2.75, 3.05) is 125 Å². The van der Waals surface area contributed by atoms with Gasteiger partial charge in [-0.05, 0) is 260 Å². The Morgan fingerprint density at radius 1 is 0.361 bits per heavy atom. The van der Waals surface area contributed by atoms with E-state index in [1.165, 1.54) is 56.8 Å². The molecular weight excluding hydrogens is 1850 g/mol. The second kappa shape index (κ2) is 36.4. The third kappa shape index (κ3) is 15.6. The van der Waals surface area contributed by atoms with E-state index < -0.39 is 0 Å². The van der Waals surface area contributed by atoms with Gasteiger partial charge in [-0.2, -0.15) is 0 Å². The number of benzene rings is 4. The first-order valence-electron chi connectivity index (χ1n) is 52.8. The van der Waals surface area contributed by atoms with E-state index in [1.807, 2.05) is 86.1 Å². The summed E-state index contributed by atoms with van der Waals surface area (Å²) in [6.07, 6.45) is 36.2. The molecule has 4 fully saturated rings. The standard InChI is InChI=1S/C32H35N7.2C28H30FN7O.C26H28N8/c1-20-22-9-10-27-24(25(22)19-37(20)2)8-5-13-39(27)31-29-26(17-35-31)36-28(18-34-29)38-14-11-32(12-15-38)16-21-6-3-4-7-23(21)30(32)33;1-34-11-7-22-18(27(34)37)5-3-10-36(22)26-24-21(15-32-26)33-23(16-31-24)35-12-8-28(9-13-35)14-19-17(25(28)30)4-2-6-20(19)29;1-34-10-6-22-20(27(34)37)3-2-9-36(22)26-24-21(15-32-26)33-23(16-31-24)35-11-7-28(8-12-35)14-17-13-18(29)4-5-19(17)25(28)30;27-24-18-14-28-9-5-17(18)13-26(24)6-11-33(12-7-26)22-16-30-23-20(32-22)15-31-25(23)34-10-2-3-19-21(34)4-1-8-29-19/h3-4,6-7,9-10,18,30H,1,5,8,11-17,19,33H2,2H3;2,4,6-7,11,16,25H,3,5,8-10,12-15,30H2,1H3;4-6,10,13,16,25H,2-3,7-9,11-12,14-15,30H2,1H3;1,4-5,8-9,14,16,24H,2-3,6-7,10-13,15,27H2/t30-;2*25-;24-/m1111/s1. The number of anilines is 8. The van der Waals surface area contributed by atoms with Gasteiger partial charge in [-0.25, -0.2) is 48.7 Å². The van der Waals surface area contributed by atoms with Crippen molar-refractivity contribution in [3.05, 3.63) is 321 Å². The number of hydrogen-bond acceptors (Lipinski definition) is 29. The van der Waals surface area contributed by atoms with Crippen LogP contribution < -0.4 is 73.3 Å². The number of amidine groups is 4. The van der Waals surface area contributed by atoms with E-state index in [4.69, 9.17) is 82.8 Å². The van der Waals surface area contributed by atoms with Crippen molar-refractivity contribution in [1.29, 1.82) is 0 Å². The van der Waals surface area contributed by atoms with E-state index >= 15 is 0 Å². The van der Waals surface area contributed by atoms with Gasteiger partial charge in [-0.3, -0.25) is 39.5 Å². The molecule has 4 spiro atoms. The molecule has 0 saturated carbocycles. The van der Waals surface area contributed by atoms with Gasteiger partial charge in [0.2, 0.25) is 0 Å². The molecule has 4 atom stereocenters. The number of fused-ring (bicyclic) bond motifs is 14. The SMILES string of the molecule is C=C1c2ccc3c(c2CN1C)CCCN3C1=NCc2nc(N3CCC4(CC3)Cc3ccccc3[C@H]4N)cnc21.Cn1ccc2c(c1=O)CCCN2C1=NCc2nc(N3CCC4(CC3)Cc3c(F)cccc3[C@H]4N)cnc21.Cn1ccc2c(c1=O)CCCN2C1=NCc2nc(N3CCC4(CC3)Cc3cc(F)ccc3[C@H]4N)cnc21.N[C@@H]1c2cnccc2CC12CCN(c1cnc3c(n1)CN=C3N1CCCc3ncccc31)CC2. The average Bonchev–Trinajstić information content (AvgIpc) is 1.62. The Hall–Kier alpha value is -14.3. The number of aliphatic imine (C=N–C) groups is 4. The number of halogens is 2. The summed E-state index contributed by atoms with van der Waals surface area (Å²) < 4.78 is 31.5. The summed E-state index contributed by atoms with van der Waals surface area (Å²) in [6, 6.07) is 33.8. The molecule has 4 aromatic carbocycles. The van der Waals surface area contributed by atoms with Crippen LogP contribution in [0.5, 0.6) is 0 Å². The molecule has 750 valence electrons. The van der Waals surface area contributed by atoms with Crippen LogP contribution in [0.1, 0.15) is 225 Å². The van der Waals surface area contributed by atoms with Crippen LogP contribution >= 0.6 is 0 Å². The first kappa shape index (κ1) is 92.6. The minimum atomic E-state index is -0.189. The lowest BCUT2D eigenvalue weighted by atomic mass is 9.73. The highest BCUT2D eigenvalue weighted by molar-refractivity contribution is 6.14. The molecule has 17 aliphatic rings. The molecule has 0 amide bonds. The summed E-state index contributed by atoms with van der Waals surface area (Å²) in [6.45, 7) is 18.0. The second-order valence-electron chi connectivity index (χ2n) is 43.7. The van der Waals surface area contributed by atoms with E-state index in [-0.39, 0.29) is 68.6 Å². The first-order chi connectivity index (χ1) is 71.6. The van der Waals surface area contributed by atoms with E-state index in [0.717, 1.165) is 361 Å². The summed E-state index contributed by atoms with van der Waals surface area (Å²) in [5, 5.41) is 0. The number of nitrogens with two attached hydrogens (primary N) is 4. The number of hydrogen-bond donors (Lipinski definition) is 4. The zero-order chi connectivity index (χ0) is 99.6. The highest BCUT2D eigenvalue weighted by Crippen LogP contribution is 2.57. The molecule has 12 aromatic rings. The molecule has 8 N–H and O–H groups in total. The summed E-state index contributed by atoms with van der Waals surface area (Å²) in [5.41, 5.74) is 56.0. The van der Waals surface area contributed by atoms with Crippen LogP contribution in [-0.2, 0) is 98.2 Å². The maximum absolute atomic E-state index is 14.4. The van der Waals surface area contributed by atoms with E-state index in [1.54, 1.807) is 35.4 Å². The van der Waals surface area contributed by atoms with E-state index in [9.17, 15) is 18.4 Å². The van der Waals surface area contributed by atoms with Gasteiger partial charge in [-0.1, -0.05) is 55.1 Å². The van der Waals surface area contributed by atoms with Crippen molar-refractivity contribution in [2.24, 2.45) is 78.7 Å². The number of rotatable bonds is 4. The second-order valence-corrected chi connectivity index (χ2v) is 43.7. The van der Waals surface area contributed by atoms with Crippen molar-refractivity contribution in [1.82, 2.24) is 63.9 Å². The predicted molar refractivity (Wildman–Crippen MR) is 568 cm³/mol. The van der Waals surface area contributed by atoms with Gasteiger partial charge < -0.3 is 76.2 Å². The average molecular weight is 1970 g/mol. The Balaban J connectivity index is 0.0000000995. The zero-order valence-corrected chi connectivity index (χ0v) is 83.8. The Bertz CT molecular complexity index is 7630. The summed E-state index contributed by atoms with van der Waals surface area (Å²) in [5.74, 6) is 6.85. The van der Waals surface area contributed by atoms with Gasteiger partial charge in [0, 0.05) is 189 Å². The summed E-state index contributed by atoms with van der Waals surface area (Å²) in [7, 11) is 5.71. The van der Waals surface area contributed by atoms with Crippen molar-refractivity contribution in [3.8, 4) is 0 Å². The van der Waals surface area contributed by atoms with Crippen LogP contribution in [-0.4, -0.2) is 173 Å². The highest BCUT2D eigenvalue weighted by Gasteiger charge is 2.52. The third-order valence-corrected chi connectivity index (χ3v) is 36.0. The number of aromatic nitrogens is 12. The monoisotopic (exact) mass is 1970 g/mol. The molecule has 8 aromatic heterocycles. The fraction of sp³-hybridized carbons (Fsp3) is 0.421. The fourth-order valence-corrected chi connectivity index (χ4v) is 27.5. The normalized spacial score (nSPS) is 22.0. The molecule has 4 saturated heterocycles. The van der Waals surface area contributed by atoms with Gasteiger partial charge in [0.1, 0.15) is 57.7 Å². The van der Waals surface area contributed by atoms with Gasteiger partial charge in [-0.15, -0.1) is 0 Å². The van der Waals surface area contributed by atoms with E-state index in [2.05, 4.69) is 116 Å². The molecule has 147 heavy (non-hydrogen) atoms. The zero-order valence-electron chi connectivity index (χ0n) is 83.8. The Labute approximate surface area is 852 Å². The topological polar surface area (TPSA) is 356 Å². The lowest BCUT2D eigenvalue weighted by Gasteiger charge is -2.42. The first-order valence-corrected chi connectivity index (χ1v) is 52.8. The van der Waals surface area contributed by atoms with Crippen LogP contribution in [0.2, 0.25) is 0 Å². The Morgan fingerprint density at radius 3 is 1.25 bits per heavy atom. The summed E-state index contributed by atoms with van der Waals surface area (Å²) >= 11 is 0.